The van der Waals surface area contributed by atoms with Crippen LogP contribution < -0.4 is 5.32 Å². The first-order valence-corrected chi connectivity index (χ1v) is 4.61. The molecule has 0 atom stereocenters. The average Bonchev–Trinajstić information content (AvgIpc) is 2.69. The maximum absolute atomic E-state index is 11.2. The number of carboxylic acids is 1. The van der Waals surface area contributed by atoms with E-state index in [1.807, 2.05) is 0 Å². The molecule has 0 aliphatic rings. The van der Waals surface area contributed by atoms with Crippen LogP contribution in [-0.4, -0.2) is 28.7 Å². The Morgan fingerprint density at radius 3 is 2.87 bits per heavy atom. The summed E-state index contributed by atoms with van der Waals surface area (Å²) in [5, 5.41) is 14.4. The average molecular weight is 212 g/mol. The largest absolute Gasteiger partial charge is 0.481 e. The second-order valence-corrected chi connectivity index (χ2v) is 2.98. The van der Waals surface area contributed by atoms with Crippen LogP contribution in [-0.2, 0) is 4.79 Å². The maximum Gasteiger partial charge on any atom is 0.303 e. The third-order valence-corrected chi connectivity index (χ3v) is 1.76. The molecular weight excluding hydrogens is 200 g/mol. The Balaban J connectivity index is 2.10. The van der Waals surface area contributed by atoms with Crippen molar-refractivity contribution in [3.05, 3.63) is 18.0 Å². The van der Waals surface area contributed by atoms with Gasteiger partial charge in [0.05, 0.1) is 6.20 Å². The molecule has 1 heterocycles. The first kappa shape index (κ1) is 11.2. The number of carboxylic acid groups (broad SMARTS) is 1. The molecule has 0 bridgehead atoms. The molecule has 6 nitrogen and oxygen atoms in total. The summed E-state index contributed by atoms with van der Waals surface area (Å²) in [4.78, 5) is 21.4. The molecule has 1 rings (SSSR count). The monoisotopic (exact) mass is 212 g/mol. The van der Waals surface area contributed by atoms with Crippen LogP contribution >= 0.6 is 0 Å². The fraction of sp³-hybridized carbons (Fsp3) is 0.444. The second kappa shape index (κ2) is 5.79. The van der Waals surface area contributed by atoms with E-state index in [1.54, 1.807) is 0 Å². The van der Waals surface area contributed by atoms with Gasteiger partial charge < -0.3 is 14.9 Å². The molecule has 0 unspecified atom stereocenters. The minimum atomic E-state index is -0.823. The second-order valence-electron chi connectivity index (χ2n) is 2.98. The van der Waals surface area contributed by atoms with Gasteiger partial charge in [0.2, 0.25) is 5.76 Å². The van der Waals surface area contributed by atoms with Gasteiger partial charge in [-0.3, -0.25) is 9.59 Å². The summed E-state index contributed by atoms with van der Waals surface area (Å²) in [5.74, 6) is -0.993. The van der Waals surface area contributed by atoms with Crippen LogP contribution in [0.15, 0.2) is 16.8 Å². The third kappa shape index (κ3) is 4.26. The lowest BCUT2D eigenvalue weighted by molar-refractivity contribution is -0.137. The summed E-state index contributed by atoms with van der Waals surface area (Å²) in [5.41, 5.74) is 0. The summed E-state index contributed by atoms with van der Waals surface area (Å²) in [6, 6.07) is 1.46. The number of hydrogen-bond acceptors (Lipinski definition) is 4. The van der Waals surface area contributed by atoms with E-state index in [2.05, 4.69) is 15.0 Å². The van der Waals surface area contributed by atoms with Crippen molar-refractivity contribution in [1.82, 2.24) is 10.5 Å². The van der Waals surface area contributed by atoms with Gasteiger partial charge in [0, 0.05) is 19.0 Å². The molecule has 0 aliphatic carbocycles. The molecule has 1 aromatic heterocycles. The highest BCUT2D eigenvalue weighted by Gasteiger charge is 2.07. The normalized spacial score (nSPS) is 9.87. The molecule has 0 saturated carbocycles. The SMILES string of the molecule is O=C(O)CCCCNC(=O)c1ccno1. The summed E-state index contributed by atoms with van der Waals surface area (Å²) < 4.78 is 4.63. The predicted octanol–water partition coefficient (Wildman–Crippen LogP) is 0.659. The number of rotatable bonds is 6. The molecular formula is C9H12N2O4. The zero-order valence-corrected chi connectivity index (χ0v) is 8.10. The predicted molar refractivity (Wildman–Crippen MR) is 50.3 cm³/mol. The third-order valence-electron chi connectivity index (χ3n) is 1.76. The van der Waals surface area contributed by atoms with Crippen molar-refractivity contribution < 1.29 is 19.2 Å². The van der Waals surface area contributed by atoms with Crippen molar-refractivity contribution in [1.29, 1.82) is 0 Å². The topological polar surface area (TPSA) is 92.4 Å². The van der Waals surface area contributed by atoms with Crippen molar-refractivity contribution in [2.45, 2.75) is 19.3 Å². The molecule has 1 amide bonds. The number of aromatic nitrogens is 1. The maximum atomic E-state index is 11.2. The van der Waals surface area contributed by atoms with Gasteiger partial charge >= 0.3 is 5.97 Å². The summed E-state index contributed by atoms with van der Waals surface area (Å²) in [7, 11) is 0. The molecule has 0 spiro atoms. The number of aliphatic carboxylic acids is 1. The first-order chi connectivity index (χ1) is 7.20. The number of carbonyl (C=O) groups excluding carboxylic acids is 1. The quantitative estimate of drug-likeness (QED) is 0.675. The molecule has 82 valence electrons. The Hall–Kier alpha value is -1.85. The van der Waals surface area contributed by atoms with Crippen LogP contribution in [0.4, 0.5) is 0 Å². The molecule has 2 N–H and O–H groups in total. The van der Waals surface area contributed by atoms with Crippen molar-refractivity contribution in [2.75, 3.05) is 6.54 Å². The van der Waals surface area contributed by atoms with Crippen LogP contribution in [0.1, 0.15) is 29.8 Å². The summed E-state index contributed by atoms with van der Waals surface area (Å²) in [6.07, 6.45) is 2.69. The van der Waals surface area contributed by atoms with Crippen molar-refractivity contribution in [2.24, 2.45) is 0 Å². The minimum absolute atomic E-state index is 0.123. The Bertz CT molecular complexity index is 321. The Morgan fingerprint density at radius 2 is 2.27 bits per heavy atom. The van der Waals surface area contributed by atoms with E-state index >= 15 is 0 Å². The van der Waals surface area contributed by atoms with Crippen LogP contribution in [0.2, 0.25) is 0 Å². The van der Waals surface area contributed by atoms with Crippen LogP contribution in [0.5, 0.6) is 0 Å². The lowest BCUT2D eigenvalue weighted by atomic mass is 10.2. The number of unbranched alkanes of at least 4 members (excludes halogenated alkanes) is 1. The Labute approximate surface area is 86.3 Å². The molecule has 0 aliphatic heterocycles. The zero-order chi connectivity index (χ0) is 11.1. The summed E-state index contributed by atoms with van der Waals surface area (Å²) in [6.45, 7) is 0.437. The highest BCUT2D eigenvalue weighted by atomic mass is 16.5. The van der Waals surface area contributed by atoms with Gasteiger partial charge in [-0.25, -0.2) is 0 Å². The van der Waals surface area contributed by atoms with Gasteiger partial charge in [0.25, 0.3) is 5.91 Å². The van der Waals surface area contributed by atoms with E-state index in [4.69, 9.17) is 5.11 Å². The van der Waals surface area contributed by atoms with Crippen LogP contribution in [0, 0.1) is 0 Å². The first-order valence-electron chi connectivity index (χ1n) is 4.61. The van der Waals surface area contributed by atoms with E-state index in [-0.39, 0.29) is 18.1 Å². The molecule has 0 saturated heterocycles. The number of hydrogen-bond donors (Lipinski definition) is 2. The number of nitrogens with one attached hydrogen (secondary N) is 1. The van der Waals surface area contributed by atoms with E-state index < -0.39 is 5.97 Å². The number of nitrogens with zero attached hydrogens (tertiary/aromatic N) is 1. The Kier molecular flexibility index (Phi) is 4.33. The standard InChI is InChI=1S/C9H12N2O4/c12-8(13)3-1-2-5-10-9(14)7-4-6-11-15-7/h4,6H,1-3,5H2,(H,10,14)(H,12,13). The molecule has 6 heteroatoms. The van der Waals surface area contributed by atoms with E-state index in [0.717, 1.165) is 0 Å². The molecule has 0 fully saturated rings. The fourth-order valence-corrected chi connectivity index (χ4v) is 1.02. The van der Waals surface area contributed by atoms with Crippen molar-refractivity contribution in [3.63, 3.8) is 0 Å². The molecule has 0 radical (unpaired) electrons. The minimum Gasteiger partial charge on any atom is -0.481 e. The van der Waals surface area contributed by atoms with Crippen molar-refractivity contribution in [3.8, 4) is 0 Å². The lowest BCUT2D eigenvalue weighted by Crippen LogP contribution is -2.24. The number of amides is 1. The van der Waals surface area contributed by atoms with Gasteiger partial charge in [0.1, 0.15) is 0 Å². The Morgan fingerprint density at radius 1 is 1.47 bits per heavy atom. The highest BCUT2D eigenvalue weighted by Crippen LogP contribution is 1.97. The molecule has 1 aromatic rings. The van der Waals surface area contributed by atoms with Gasteiger partial charge in [0.15, 0.2) is 0 Å². The zero-order valence-electron chi connectivity index (χ0n) is 8.10. The number of carbonyl (C=O) groups is 2. The van der Waals surface area contributed by atoms with Crippen molar-refractivity contribution >= 4 is 11.9 Å². The van der Waals surface area contributed by atoms with Crippen LogP contribution in [0.3, 0.4) is 0 Å². The van der Waals surface area contributed by atoms with Gasteiger partial charge in [-0.15, -0.1) is 0 Å². The van der Waals surface area contributed by atoms with E-state index in [9.17, 15) is 9.59 Å². The van der Waals surface area contributed by atoms with E-state index in [0.29, 0.717) is 19.4 Å². The lowest BCUT2D eigenvalue weighted by Gasteiger charge is -2.00. The van der Waals surface area contributed by atoms with Gasteiger partial charge in [-0.05, 0) is 12.8 Å². The van der Waals surface area contributed by atoms with Crippen LogP contribution in [0.25, 0.3) is 0 Å². The van der Waals surface area contributed by atoms with Gasteiger partial charge in [-0.2, -0.15) is 0 Å². The summed E-state index contributed by atoms with van der Waals surface area (Å²) >= 11 is 0. The smallest absolute Gasteiger partial charge is 0.303 e. The molecule has 15 heavy (non-hydrogen) atoms. The van der Waals surface area contributed by atoms with E-state index in [1.165, 1.54) is 12.3 Å². The highest BCUT2D eigenvalue weighted by molar-refractivity contribution is 5.91. The fourth-order valence-electron chi connectivity index (χ4n) is 1.02. The van der Waals surface area contributed by atoms with Gasteiger partial charge in [-0.1, -0.05) is 5.16 Å². The molecule has 0 aromatic carbocycles.